The van der Waals surface area contributed by atoms with E-state index in [4.69, 9.17) is 4.74 Å². The zero-order valence-corrected chi connectivity index (χ0v) is 14.9. The molecule has 3 aromatic rings. The van der Waals surface area contributed by atoms with Crippen molar-refractivity contribution in [2.45, 2.75) is 6.42 Å². The lowest BCUT2D eigenvalue weighted by Gasteiger charge is -2.09. The van der Waals surface area contributed by atoms with Crippen LogP contribution in [-0.4, -0.2) is 42.0 Å². The van der Waals surface area contributed by atoms with Crippen molar-refractivity contribution >= 4 is 28.4 Å². The number of hydrogen-bond acceptors (Lipinski definition) is 5. The summed E-state index contributed by atoms with van der Waals surface area (Å²) in [6.45, 7) is 1.04. The molecule has 2 aromatic heterocycles. The topological polar surface area (TPSA) is 93.2 Å². The van der Waals surface area contributed by atoms with Gasteiger partial charge >= 0.3 is 0 Å². The smallest absolute Gasteiger partial charge is 0.274 e. The molecule has 2 amide bonds. The number of pyridine rings is 2. The van der Waals surface area contributed by atoms with E-state index in [1.165, 1.54) is 0 Å². The number of nitrogens with one attached hydrogen (secondary N) is 2. The Hall–Kier alpha value is -3.32. The van der Waals surface area contributed by atoms with Gasteiger partial charge in [-0.25, -0.2) is 4.98 Å². The summed E-state index contributed by atoms with van der Waals surface area (Å²) < 4.78 is 4.94. The maximum absolute atomic E-state index is 12.6. The number of amides is 2. The van der Waals surface area contributed by atoms with Gasteiger partial charge in [-0.1, -0.05) is 24.3 Å². The van der Waals surface area contributed by atoms with E-state index in [1.807, 2.05) is 24.3 Å². The van der Waals surface area contributed by atoms with Crippen LogP contribution in [0.3, 0.4) is 0 Å². The van der Waals surface area contributed by atoms with Gasteiger partial charge in [-0.05, 0) is 30.7 Å². The molecule has 0 aliphatic rings. The number of methoxy groups -OCH3 is 1. The number of para-hydroxylation sites is 1. The lowest BCUT2D eigenvalue weighted by atomic mass is 10.2. The molecule has 7 heteroatoms. The zero-order chi connectivity index (χ0) is 19.1. The Bertz CT molecular complexity index is 953. The average Bonchev–Trinajstić information content (AvgIpc) is 2.71. The summed E-state index contributed by atoms with van der Waals surface area (Å²) in [5.74, 6) is -0.727. The van der Waals surface area contributed by atoms with Gasteiger partial charge in [0, 0.05) is 31.8 Å². The van der Waals surface area contributed by atoms with Crippen molar-refractivity contribution in [2.24, 2.45) is 0 Å². The minimum atomic E-state index is -0.401. The number of aromatic nitrogens is 2. The number of hydrogen-bond donors (Lipinski definition) is 2. The van der Waals surface area contributed by atoms with Crippen LogP contribution in [0.25, 0.3) is 10.9 Å². The molecule has 0 radical (unpaired) electrons. The molecule has 0 unspecified atom stereocenters. The molecular formula is C20H20N4O3. The third-order valence-corrected chi connectivity index (χ3v) is 3.91. The lowest BCUT2D eigenvalue weighted by Crippen LogP contribution is -2.27. The van der Waals surface area contributed by atoms with Gasteiger partial charge in [0.15, 0.2) is 0 Å². The molecule has 0 atom stereocenters. The number of ether oxygens (including phenoxy) is 1. The van der Waals surface area contributed by atoms with E-state index in [-0.39, 0.29) is 17.3 Å². The third kappa shape index (κ3) is 4.65. The molecule has 7 nitrogen and oxygen atoms in total. The molecular weight excluding hydrogens is 344 g/mol. The Morgan fingerprint density at radius 3 is 2.56 bits per heavy atom. The molecule has 0 spiro atoms. The van der Waals surface area contributed by atoms with E-state index in [0.717, 1.165) is 5.39 Å². The summed E-state index contributed by atoms with van der Waals surface area (Å²) in [5.41, 5.74) is 1.64. The fraction of sp³-hybridized carbons (Fsp3) is 0.200. The van der Waals surface area contributed by atoms with Crippen LogP contribution in [0.4, 0.5) is 5.69 Å². The summed E-state index contributed by atoms with van der Waals surface area (Å²) in [4.78, 5) is 33.2. The number of carbonyl (C=O) groups is 2. The number of anilines is 1. The first-order chi connectivity index (χ1) is 13.2. The quantitative estimate of drug-likeness (QED) is 0.629. The van der Waals surface area contributed by atoms with Crippen molar-refractivity contribution in [1.29, 1.82) is 0 Å². The molecule has 27 heavy (non-hydrogen) atoms. The van der Waals surface area contributed by atoms with Crippen LogP contribution in [0, 0.1) is 0 Å². The fourth-order valence-corrected chi connectivity index (χ4v) is 2.59. The van der Waals surface area contributed by atoms with Gasteiger partial charge in [0.2, 0.25) is 0 Å². The van der Waals surface area contributed by atoms with Crippen molar-refractivity contribution in [2.75, 3.05) is 25.6 Å². The van der Waals surface area contributed by atoms with Gasteiger partial charge < -0.3 is 15.4 Å². The van der Waals surface area contributed by atoms with Crippen LogP contribution < -0.4 is 10.6 Å². The van der Waals surface area contributed by atoms with Gasteiger partial charge in [-0.3, -0.25) is 14.6 Å². The number of nitrogens with zero attached hydrogens (tertiary/aromatic N) is 2. The zero-order valence-electron chi connectivity index (χ0n) is 14.9. The summed E-state index contributed by atoms with van der Waals surface area (Å²) in [5, 5.41) is 6.49. The molecule has 2 heterocycles. The fourth-order valence-electron chi connectivity index (χ4n) is 2.59. The molecule has 3 rings (SSSR count). The molecule has 0 aliphatic heterocycles. The van der Waals surface area contributed by atoms with Crippen molar-refractivity contribution in [3.05, 3.63) is 66.1 Å². The van der Waals surface area contributed by atoms with E-state index in [1.54, 1.807) is 37.6 Å². The molecule has 0 aliphatic carbocycles. The standard InChI is InChI=1S/C20H20N4O3/c1-27-13-5-12-22-19(25)16-9-3-10-17(23-16)20(26)24-15-8-2-6-14-7-4-11-21-18(14)15/h2-4,6-11H,5,12-13H2,1H3,(H,22,25)(H,24,26). The maximum Gasteiger partial charge on any atom is 0.274 e. The Labute approximate surface area is 156 Å². The van der Waals surface area contributed by atoms with Crippen LogP contribution in [0.5, 0.6) is 0 Å². The Kier molecular flexibility index (Phi) is 6.06. The maximum atomic E-state index is 12.6. The van der Waals surface area contributed by atoms with Crippen LogP contribution >= 0.6 is 0 Å². The van der Waals surface area contributed by atoms with Crippen LogP contribution in [0.1, 0.15) is 27.4 Å². The van der Waals surface area contributed by atoms with E-state index >= 15 is 0 Å². The van der Waals surface area contributed by atoms with E-state index in [0.29, 0.717) is 30.8 Å². The second-order valence-corrected chi connectivity index (χ2v) is 5.85. The number of carbonyl (C=O) groups excluding carboxylic acids is 2. The first-order valence-corrected chi connectivity index (χ1v) is 8.58. The van der Waals surface area contributed by atoms with E-state index in [9.17, 15) is 9.59 Å². The van der Waals surface area contributed by atoms with Crippen LogP contribution in [-0.2, 0) is 4.74 Å². The number of benzene rings is 1. The first kappa shape index (κ1) is 18.5. The Balaban J connectivity index is 1.72. The molecule has 1 aromatic carbocycles. The summed E-state index contributed by atoms with van der Waals surface area (Å²) in [6.07, 6.45) is 2.38. The van der Waals surface area contributed by atoms with Crippen molar-refractivity contribution in [3.63, 3.8) is 0 Å². The van der Waals surface area contributed by atoms with E-state index in [2.05, 4.69) is 20.6 Å². The van der Waals surface area contributed by atoms with Crippen molar-refractivity contribution < 1.29 is 14.3 Å². The molecule has 0 bridgehead atoms. The number of fused-ring (bicyclic) bond motifs is 1. The number of rotatable bonds is 7. The van der Waals surface area contributed by atoms with Gasteiger partial charge in [-0.2, -0.15) is 0 Å². The molecule has 0 saturated carbocycles. The highest BCUT2D eigenvalue weighted by atomic mass is 16.5. The summed E-state index contributed by atoms with van der Waals surface area (Å²) in [6, 6.07) is 14.1. The second-order valence-electron chi connectivity index (χ2n) is 5.85. The van der Waals surface area contributed by atoms with Crippen LogP contribution in [0.15, 0.2) is 54.7 Å². The largest absolute Gasteiger partial charge is 0.385 e. The molecule has 0 saturated heterocycles. The van der Waals surface area contributed by atoms with Crippen molar-refractivity contribution in [1.82, 2.24) is 15.3 Å². The predicted molar refractivity (Wildman–Crippen MR) is 103 cm³/mol. The van der Waals surface area contributed by atoms with Gasteiger partial charge in [0.05, 0.1) is 11.2 Å². The summed E-state index contributed by atoms with van der Waals surface area (Å²) in [7, 11) is 1.61. The Morgan fingerprint density at radius 1 is 1.00 bits per heavy atom. The normalized spacial score (nSPS) is 10.6. The molecule has 138 valence electrons. The predicted octanol–water partition coefficient (Wildman–Crippen LogP) is 2.65. The second kappa shape index (κ2) is 8.86. The van der Waals surface area contributed by atoms with Crippen molar-refractivity contribution in [3.8, 4) is 0 Å². The highest BCUT2D eigenvalue weighted by Crippen LogP contribution is 2.21. The van der Waals surface area contributed by atoms with E-state index < -0.39 is 5.91 Å². The SMILES string of the molecule is COCCCNC(=O)c1cccc(C(=O)Nc2cccc3cccnc23)n1. The minimum Gasteiger partial charge on any atom is -0.385 e. The summed E-state index contributed by atoms with van der Waals surface area (Å²) >= 11 is 0. The Morgan fingerprint density at radius 2 is 1.74 bits per heavy atom. The van der Waals surface area contributed by atoms with Gasteiger partial charge in [-0.15, -0.1) is 0 Å². The minimum absolute atomic E-state index is 0.160. The third-order valence-electron chi connectivity index (χ3n) is 3.91. The van der Waals surface area contributed by atoms with Gasteiger partial charge in [0.1, 0.15) is 11.4 Å². The average molecular weight is 364 g/mol. The molecule has 2 N–H and O–H groups in total. The molecule has 0 fully saturated rings. The monoisotopic (exact) mass is 364 g/mol. The van der Waals surface area contributed by atoms with Crippen LogP contribution in [0.2, 0.25) is 0 Å². The highest BCUT2D eigenvalue weighted by Gasteiger charge is 2.13. The lowest BCUT2D eigenvalue weighted by molar-refractivity contribution is 0.0943. The highest BCUT2D eigenvalue weighted by molar-refractivity contribution is 6.07. The van der Waals surface area contributed by atoms with Gasteiger partial charge in [0.25, 0.3) is 11.8 Å². The first-order valence-electron chi connectivity index (χ1n) is 8.58.